The van der Waals surface area contributed by atoms with Crippen LogP contribution in [0.25, 0.3) is 0 Å². The Bertz CT molecular complexity index is 303. The first-order valence-electron chi connectivity index (χ1n) is 5.81. The van der Waals surface area contributed by atoms with Gasteiger partial charge in [-0.2, -0.15) is 0 Å². The molecule has 0 radical (unpaired) electrons. The number of benzene rings is 1. The van der Waals surface area contributed by atoms with Crippen molar-refractivity contribution in [1.29, 1.82) is 0 Å². The van der Waals surface area contributed by atoms with Crippen molar-refractivity contribution in [3.63, 3.8) is 0 Å². The summed E-state index contributed by atoms with van der Waals surface area (Å²) in [5.74, 6) is 0.461. The van der Waals surface area contributed by atoms with Gasteiger partial charge in [0.1, 0.15) is 0 Å². The van der Waals surface area contributed by atoms with Crippen LogP contribution in [0.1, 0.15) is 5.56 Å². The molecule has 0 amide bonds. The van der Waals surface area contributed by atoms with Crippen molar-refractivity contribution in [1.82, 2.24) is 4.90 Å². The van der Waals surface area contributed by atoms with Crippen molar-refractivity contribution >= 4 is 0 Å². The van der Waals surface area contributed by atoms with Crippen LogP contribution in [-0.2, 0) is 6.54 Å². The summed E-state index contributed by atoms with van der Waals surface area (Å²) in [6.45, 7) is 3.04. The number of hydrogen-bond acceptors (Lipinski definition) is 3. The van der Waals surface area contributed by atoms with E-state index in [9.17, 15) is 10.2 Å². The summed E-state index contributed by atoms with van der Waals surface area (Å²) in [4.78, 5) is 2.30. The lowest BCUT2D eigenvalue weighted by Crippen LogP contribution is -2.20. The first kappa shape index (κ1) is 11.6. The molecule has 1 aromatic rings. The average molecular weight is 221 g/mol. The molecule has 0 bridgehead atoms. The summed E-state index contributed by atoms with van der Waals surface area (Å²) in [5.41, 5.74) is 1.29. The van der Waals surface area contributed by atoms with Gasteiger partial charge in [0.2, 0.25) is 0 Å². The molecule has 16 heavy (non-hydrogen) atoms. The van der Waals surface area contributed by atoms with E-state index in [1.807, 2.05) is 18.2 Å². The fourth-order valence-corrected chi connectivity index (χ4v) is 2.42. The quantitative estimate of drug-likeness (QED) is 0.787. The van der Waals surface area contributed by atoms with Gasteiger partial charge in [-0.15, -0.1) is 0 Å². The third-order valence-electron chi connectivity index (χ3n) is 3.37. The van der Waals surface area contributed by atoms with E-state index in [4.69, 9.17) is 0 Å². The van der Waals surface area contributed by atoms with Gasteiger partial charge < -0.3 is 10.2 Å². The SMILES string of the molecule is OCC1CN(Cc2ccccc2)C[C@@H]1CO. The van der Waals surface area contributed by atoms with Crippen LogP contribution in [-0.4, -0.2) is 41.4 Å². The smallest absolute Gasteiger partial charge is 0.0475 e. The van der Waals surface area contributed by atoms with Crippen molar-refractivity contribution in [3.05, 3.63) is 35.9 Å². The molecule has 3 heteroatoms. The lowest BCUT2D eigenvalue weighted by atomic mass is 9.98. The number of likely N-dealkylation sites (tertiary alicyclic amines) is 1. The number of hydrogen-bond donors (Lipinski definition) is 2. The molecular formula is C13H19NO2. The molecule has 2 N–H and O–H groups in total. The van der Waals surface area contributed by atoms with Crippen molar-refractivity contribution in [3.8, 4) is 0 Å². The molecule has 0 saturated carbocycles. The zero-order valence-corrected chi connectivity index (χ0v) is 9.42. The molecule has 1 heterocycles. The van der Waals surface area contributed by atoms with Gasteiger partial charge in [0.05, 0.1) is 0 Å². The van der Waals surface area contributed by atoms with E-state index < -0.39 is 0 Å². The van der Waals surface area contributed by atoms with E-state index in [1.54, 1.807) is 0 Å². The predicted molar refractivity (Wildman–Crippen MR) is 62.9 cm³/mol. The molecule has 0 aliphatic carbocycles. The lowest BCUT2D eigenvalue weighted by molar-refractivity contribution is 0.152. The van der Waals surface area contributed by atoms with Gasteiger partial charge in [0.25, 0.3) is 0 Å². The van der Waals surface area contributed by atoms with E-state index in [-0.39, 0.29) is 25.0 Å². The van der Waals surface area contributed by atoms with Gasteiger partial charge in [-0.05, 0) is 5.56 Å². The Kier molecular flexibility index (Phi) is 3.93. The van der Waals surface area contributed by atoms with Crippen LogP contribution in [0.3, 0.4) is 0 Å². The minimum Gasteiger partial charge on any atom is -0.396 e. The molecule has 1 unspecified atom stereocenters. The third-order valence-corrected chi connectivity index (χ3v) is 3.37. The molecule has 1 aliphatic heterocycles. The second-order valence-corrected chi connectivity index (χ2v) is 4.56. The molecule has 0 spiro atoms. The molecule has 2 rings (SSSR count). The first-order chi connectivity index (χ1) is 7.83. The van der Waals surface area contributed by atoms with Crippen LogP contribution >= 0.6 is 0 Å². The number of aliphatic hydroxyl groups excluding tert-OH is 2. The normalized spacial score (nSPS) is 26.1. The second-order valence-electron chi connectivity index (χ2n) is 4.56. The molecule has 1 saturated heterocycles. The molecule has 1 fully saturated rings. The second kappa shape index (κ2) is 5.43. The van der Waals surface area contributed by atoms with E-state index in [2.05, 4.69) is 17.0 Å². The Balaban J connectivity index is 1.93. The Morgan fingerprint density at radius 3 is 2.06 bits per heavy atom. The monoisotopic (exact) mass is 221 g/mol. The van der Waals surface area contributed by atoms with Crippen LogP contribution in [0, 0.1) is 11.8 Å². The Morgan fingerprint density at radius 2 is 1.56 bits per heavy atom. The highest BCUT2D eigenvalue weighted by atomic mass is 16.3. The van der Waals surface area contributed by atoms with E-state index in [0.29, 0.717) is 0 Å². The summed E-state index contributed by atoms with van der Waals surface area (Å²) in [6, 6.07) is 10.3. The largest absolute Gasteiger partial charge is 0.396 e. The lowest BCUT2D eigenvalue weighted by Gasteiger charge is -2.15. The highest BCUT2D eigenvalue weighted by Gasteiger charge is 2.31. The summed E-state index contributed by atoms with van der Waals surface area (Å²) in [6.07, 6.45) is 0. The maximum absolute atomic E-state index is 9.21. The number of aliphatic hydroxyl groups is 2. The van der Waals surface area contributed by atoms with Gasteiger partial charge in [-0.1, -0.05) is 30.3 Å². The molecule has 1 aromatic carbocycles. The summed E-state index contributed by atoms with van der Waals surface area (Å²) >= 11 is 0. The molecular weight excluding hydrogens is 202 g/mol. The Morgan fingerprint density at radius 1 is 1.00 bits per heavy atom. The summed E-state index contributed by atoms with van der Waals surface area (Å²) in [5, 5.41) is 18.4. The fraction of sp³-hybridized carbons (Fsp3) is 0.538. The zero-order valence-electron chi connectivity index (χ0n) is 9.42. The molecule has 88 valence electrons. The van der Waals surface area contributed by atoms with Gasteiger partial charge >= 0.3 is 0 Å². The fourth-order valence-electron chi connectivity index (χ4n) is 2.42. The predicted octanol–water partition coefficient (Wildman–Crippen LogP) is 0.719. The van der Waals surface area contributed by atoms with Crippen molar-refractivity contribution in [2.45, 2.75) is 6.54 Å². The average Bonchev–Trinajstić information content (AvgIpc) is 2.72. The van der Waals surface area contributed by atoms with Crippen molar-refractivity contribution < 1.29 is 10.2 Å². The zero-order chi connectivity index (χ0) is 11.4. The van der Waals surface area contributed by atoms with Gasteiger partial charge in [-0.25, -0.2) is 0 Å². The third kappa shape index (κ3) is 2.61. The topological polar surface area (TPSA) is 43.7 Å². The first-order valence-corrected chi connectivity index (χ1v) is 5.81. The maximum atomic E-state index is 9.21. The van der Waals surface area contributed by atoms with E-state index in [0.717, 1.165) is 19.6 Å². The van der Waals surface area contributed by atoms with Gasteiger partial charge in [-0.3, -0.25) is 4.90 Å². The minimum atomic E-state index is 0.177. The van der Waals surface area contributed by atoms with Crippen LogP contribution in [0.15, 0.2) is 30.3 Å². The van der Waals surface area contributed by atoms with Crippen LogP contribution in [0.5, 0.6) is 0 Å². The Hall–Kier alpha value is -0.900. The maximum Gasteiger partial charge on any atom is 0.0475 e. The molecule has 0 aromatic heterocycles. The minimum absolute atomic E-state index is 0.177. The Labute approximate surface area is 96.3 Å². The van der Waals surface area contributed by atoms with E-state index in [1.165, 1.54) is 5.56 Å². The summed E-state index contributed by atoms with van der Waals surface area (Å²) in [7, 11) is 0. The van der Waals surface area contributed by atoms with Gasteiger partial charge in [0.15, 0.2) is 0 Å². The van der Waals surface area contributed by atoms with Crippen LogP contribution in [0.4, 0.5) is 0 Å². The van der Waals surface area contributed by atoms with Gasteiger partial charge in [0, 0.05) is 44.7 Å². The van der Waals surface area contributed by atoms with E-state index >= 15 is 0 Å². The molecule has 2 atom stereocenters. The van der Waals surface area contributed by atoms with Crippen LogP contribution in [0.2, 0.25) is 0 Å². The molecule has 3 nitrogen and oxygen atoms in total. The highest BCUT2D eigenvalue weighted by molar-refractivity contribution is 5.14. The van der Waals surface area contributed by atoms with Crippen molar-refractivity contribution in [2.24, 2.45) is 11.8 Å². The summed E-state index contributed by atoms with van der Waals surface area (Å²) < 4.78 is 0. The van der Waals surface area contributed by atoms with Crippen LogP contribution < -0.4 is 0 Å². The highest BCUT2D eigenvalue weighted by Crippen LogP contribution is 2.23. The number of nitrogens with zero attached hydrogens (tertiary/aromatic N) is 1. The molecule has 1 aliphatic rings. The van der Waals surface area contributed by atoms with Crippen molar-refractivity contribution in [2.75, 3.05) is 26.3 Å². The standard InChI is InChI=1S/C13H19NO2/c15-9-12-7-14(8-13(12)10-16)6-11-4-2-1-3-5-11/h1-5,12-13,15-16H,6-10H2/t12-,13?/m1/s1. The number of rotatable bonds is 4.